The number of amides is 1. The highest BCUT2D eigenvalue weighted by molar-refractivity contribution is 6.31. The molecule has 1 amide bonds. The van der Waals surface area contributed by atoms with Crippen LogP contribution >= 0.6 is 11.6 Å². The minimum Gasteiger partial charge on any atom is -0.493 e. The van der Waals surface area contributed by atoms with E-state index >= 15 is 0 Å². The molecule has 1 aliphatic carbocycles. The monoisotopic (exact) mass is 527 g/mol. The number of likely N-dealkylation sites (N-methyl/N-ethyl adjacent to an activating group) is 1. The first-order valence-electron chi connectivity index (χ1n) is 12.7. The number of piperazine rings is 1. The number of carbonyl (C=O) groups is 1. The van der Waals surface area contributed by atoms with Crippen molar-refractivity contribution in [2.75, 3.05) is 38.6 Å². The summed E-state index contributed by atoms with van der Waals surface area (Å²) >= 11 is 5.95. The summed E-state index contributed by atoms with van der Waals surface area (Å²) in [6.07, 6.45) is 5.17. The molecule has 0 radical (unpaired) electrons. The van der Waals surface area contributed by atoms with Crippen LogP contribution in [-0.4, -0.2) is 71.1 Å². The van der Waals surface area contributed by atoms with E-state index in [4.69, 9.17) is 21.1 Å². The molecule has 1 aliphatic heterocycles. The predicted octanol–water partition coefficient (Wildman–Crippen LogP) is 5.03. The molecule has 8 nitrogen and oxygen atoms in total. The molecule has 10 heteroatoms. The van der Waals surface area contributed by atoms with Crippen LogP contribution in [0.5, 0.6) is 11.5 Å². The minimum atomic E-state index is -0.546. The van der Waals surface area contributed by atoms with E-state index in [1.165, 1.54) is 12.4 Å². The topological polar surface area (TPSA) is 79.8 Å². The number of ether oxygens (including phenoxy) is 2. The average molecular weight is 528 g/mol. The Morgan fingerprint density at radius 2 is 1.95 bits per heavy atom. The number of anilines is 2. The van der Waals surface area contributed by atoms with E-state index in [1.807, 2.05) is 17.9 Å². The van der Waals surface area contributed by atoms with Crippen LogP contribution in [0.4, 0.5) is 15.9 Å². The second kappa shape index (κ2) is 11.1. The van der Waals surface area contributed by atoms with E-state index in [0.29, 0.717) is 40.8 Å². The van der Waals surface area contributed by atoms with Crippen LogP contribution in [0.25, 0.3) is 10.9 Å². The molecule has 2 aromatic carbocycles. The maximum atomic E-state index is 14.5. The molecule has 0 unspecified atom stereocenters. The van der Waals surface area contributed by atoms with Gasteiger partial charge in [-0.2, -0.15) is 0 Å². The number of halogens is 2. The normalized spacial score (nSPS) is 20.8. The Labute approximate surface area is 220 Å². The summed E-state index contributed by atoms with van der Waals surface area (Å²) in [5.41, 5.74) is 0.867. The number of aromatic nitrogens is 2. The molecule has 5 rings (SSSR count). The van der Waals surface area contributed by atoms with Crippen LogP contribution < -0.4 is 14.8 Å². The summed E-state index contributed by atoms with van der Waals surface area (Å²) in [7, 11) is 1.60. The Balaban J connectivity index is 1.31. The Hall–Kier alpha value is -3.17. The third-order valence-electron chi connectivity index (χ3n) is 7.31. The number of carbonyl (C=O) groups excluding carboxylic acids is 1. The van der Waals surface area contributed by atoms with Crippen molar-refractivity contribution in [3.63, 3.8) is 0 Å². The first-order chi connectivity index (χ1) is 18.0. The molecule has 0 spiro atoms. The number of fused-ring (bicyclic) bond motifs is 1. The van der Waals surface area contributed by atoms with Crippen molar-refractivity contribution in [2.45, 2.75) is 44.8 Å². The second-order valence-corrected chi connectivity index (χ2v) is 9.87. The van der Waals surface area contributed by atoms with E-state index in [-0.39, 0.29) is 22.7 Å². The zero-order valence-corrected chi connectivity index (χ0v) is 21.8. The SMILES string of the molecule is CCN1CCN(C2CCC(Oc3cc4c(Nc5cccc(Cl)c5F)ncnc4cc3OC)CC2)CC1=O. The van der Waals surface area contributed by atoms with E-state index < -0.39 is 5.82 Å². The number of nitrogens with one attached hydrogen (secondary N) is 1. The quantitative estimate of drug-likeness (QED) is 0.461. The second-order valence-electron chi connectivity index (χ2n) is 9.46. The molecular formula is C27H31ClFN5O3. The van der Waals surface area contributed by atoms with Gasteiger partial charge in [0.05, 0.1) is 36.0 Å². The van der Waals surface area contributed by atoms with Gasteiger partial charge in [0.2, 0.25) is 5.91 Å². The van der Waals surface area contributed by atoms with Crippen LogP contribution in [0.3, 0.4) is 0 Å². The highest BCUT2D eigenvalue weighted by Gasteiger charge is 2.32. The summed E-state index contributed by atoms with van der Waals surface area (Å²) in [4.78, 5) is 25.3. The molecule has 1 aromatic heterocycles. The first-order valence-corrected chi connectivity index (χ1v) is 13.1. The van der Waals surface area contributed by atoms with Gasteiger partial charge in [0, 0.05) is 37.1 Å². The number of rotatable bonds is 7. The largest absolute Gasteiger partial charge is 0.493 e. The Bertz CT molecular complexity index is 1280. The number of benzene rings is 2. The number of methoxy groups -OCH3 is 1. The Kier molecular flexibility index (Phi) is 7.62. The number of nitrogens with zero attached hydrogens (tertiary/aromatic N) is 4. The van der Waals surface area contributed by atoms with Crippen molar-refractivity contribution in [3.8, 4) is 11.5 Å². The summed E-state index contributed by atoms with van der Waals surface area (Å²) in [6, 6.07) is 8.81. The van der Waals surface area contributed by atoms with Crippen LogP contribution in [-0.2, 0) is 4.79 Å². The first kappa shape index (κ1) is 25.5. The molecule has 1 N–H and O–H groups in total. The average Bonchev–Trinajstić information content (AvgIpc) is 2.91. The lowest BCUT2D eigenvalue weighted by Gasteiger charge is -2.41. The van der Waals surface area contributed by atoms with E-state index in [2.05, 4.69) is 20.2 Å². The molecule has 3 aromatic rings. The third-order valence-corrected chi connectivity index (χ3v) is 7.60. The van der Waals surface area contributed by atoms with Gasteiger partial charge < -0.3 is 19.7 Å². The van der Waals surface area contributed by atoms with Crippen molar-refractivity contribution < 1.29 is 18.7 Å². The van der Waals surface area contributed by atoms with Gasteiger partial charge in [-0.1, -0.05) is 17.7 Å². The van der Waals surface area contributed by atoms with Crippen molar-refractivity contribution in [2.24, 2.45) is 0 Å². The van der Waals surface area contributed by atoms with Gasteiger partial charge in [-0.15, -0.1) is 0 Å². The lowest BCUT2D eigenvalue weighted by Crippen LogP contribution is -2.54. The molecule has 1 saturated heterocycles. The minimum absolute atomic E-state index is 0.0289. The highest BCUT2D eigenvalue weighted by atomic mass is 35.5. The van der Waals surface area contributed by atoms with Crippen molar-refractivity contribution in [3.05, 3.63) is 47.5 Å². The molecule has 196 valence electrons. The van der Waals surface area contributed by atoms with Gasteiger partial charge in [-0.3, -0.25) is 9.69 Å². The third kappa shape index (κ3) is 5.43. The highest BCUT2D eigenvalue weighted by Crippen LogP contribution is 2.37. The van der Waals surface area contributed by atoms with Gasteiger partial charge >= 0.3 is 0 Å². The van der Waals surface area contributed by atoms with Gasteiger partial charge in [0.15, 0.2) is 17.3 Å². The number of hydrogen-bond donors (Lipinski definition) is 1. The van der Waals surface area contributed by atoms with Crippen molar-refractivity contribution in [1.29, 1.82) is 0 Å². The molecule has 2 heterocycles. The summed E-state index contributed by atoms with van der Waals surface area (Å²) < 4.78 is 26.5. The van der Waals surface area contributed by atoms with Gasteiger partial charge in [-0.25, -0.2) is 14.4 Å². The zero-order valence-electron chi connectivity index (χ0n) is 21.0. The smallest absolute Gasteiger partial charge is 0.236 e. The molecule has 2 fully saturated rings. The lowest BCUT2D eigenvalue weighted by molar-refractivity contribution is -0.137. The maximum Gasteiger partial charge on any atom is 0.236 e. The lowest BCUT2D eigenvalue weighted by atomic mass is 9.91. The molecule has 0 bridgehead atoms. The molecular weight excluding hydrogens is 497 g/mol. The van der Waals surface area contributed by atoms with Gasteiger partial charge in [-0.05, 0) is 50.8 Å². The fraction of sp³-hybridized carbons (Fsp3) is 0.444. The van der Waals surface area contributed by atoms with Crippen LogP contribution in [0, 0.1) is 5.82 Å². The van der Waals surface area contributed by atoms with Crippen LogP contribution in [0.1, 0.15) is 32.6 Å². The summed E-state index contributed by atoms with van der Waals surface area (Å²) in [5.74, 6) is 1.29. The molecule has 0 atom stereocenters. The Morgan fingerprint density at radius 3 is 2.68 bits per heavy atom. The Morgan fingerprint density at radius 1 is 1.14 bits per heavy atom. The van der Waals surface area contributed by atoms with E-state index in [9.17, 15) is 9.18 Å². The van der Waals surface area contributed by atoms with Gasteiger partial charge in [0.1, 0.15) is 12.1 Å². The van der Waals surface area contributed by atoms with E-state index in [1.54, 1.807) is 25.3 Å². The fourth-order valence-corrected chi connectivity index (χ4v) is 5.40. The van der Waals surface area contributed by atoms with Crippen molar-refractivity contribution in [1.82, 2.24) is 19.8 Å². The van der Waals surface area contributed by atoms with E-state index in [0.717, 1.165) is 45.3 Å². The van der Waals surface area contributed by atoms with Crippen molar-refractivity contribution >= 4 is 39.9 Å². The number of hydrogen-bond acceptors (Lipinski definition) is 7. The molecule has 37 heavy (non-hydrogen) atoms. The van der Waals surface area contributed by atoms with Crippen LogP contribution in [0.15, 0.2) is 36.7 Å². The standard InChI is InChI=1S/C27H31ClFN5O3/c1-3-33-11-12-34(15-25(33)35)17-7-9-18(10-8-17)37-24-13-19-22(14-23(24)36-2)30-16-31-27(19)32-21-6-4-5-20(28)26(21)29/h4-6,13-14,16-18H,3,7-12,15H2,1-2H3,(H,30,31,32). The molecule has 1 saturated carbocycles. The van der Waals surface area contributed by atoms with Gasteiger partial charge in [0.25, 0.3) is 0 Å². The summed E-state index contributed by atoms with van der Waals surface area (Å²) in [6.45, 7) is 5.04. The molecule has 2 aliphatic rings. The summed E-state index contributed by atoms with van der Waals surface area (Å²) in [5, 5.41) is 3.74. The van der Waals surface area contributed by atoms with Crippen LogP contribution in [0.2, 0.25) is 5.02 Å². The maximum absolute atomic E-state index is 14.5. The zero-order chi connectivity index (χ0) is 25.9. The fourth-order valence-electron chi connectivity index (χ4n) is 5.22. The predicted molar refractivity (Wildman–Crippen MR) is 141 cm³/mol.